The Balaban J connectivity index is 1.48. The van der Waals surface area contributed by atoms with Crippen LogP contribution in [0.5, 0.6) is 11.5 Å². The Hall–Kier alpha value is -2.80. The summed E-state index contributed by atoms with van der Waals surface area (Å²) in [6.45, 7) is 2.80. The van der Waals surface area contributed by atoms with E-state index in [0.29, 0.717) is 17.3 Å². The first kappa shape index (κ1) is 22.4. The highest BCUT2D eigenvalue weighted by molar-refractivity contribution is 5.90. The van der Waals surface area contributed by atoms with Gasteiger partial charge in [-0.1, -0.05) is 6.07 Å². The molecular formula is C25H32FN3O3. The van der Waals surface area contributed by atoms with Crippen molar-refractivity contribution in [3.63, 3.8) is 0 Å². The number of anilines is 1. The van der Waals surface area contributed by atoms with Crippen LogP contribution in [0.1, 0.15) is 36.8 Å². The average Bonchev–Trinajstić information content (AvgIpc) is 3.12. The summed E-state index contributed by atoms with van der Waals surface area (Å²) in [5.74, 6) is 1.18. The van der Waals surface area contributed by atoms with E-state index in [1.165, 1.54) is 17.7 Å². The van der Waals surface area contributed by atoms with E-state index in [4.69, 9.17) is 9.47 Å². The van der Waals surface area contributed by atoms with Gasteiger partial charge in [-0.05, 0) is 87.7 Å². The fourth-order valence-corrected chi connectivity index (χ4v) is 5.51. The molecule has 1 saturated carbocycles. The number of urea groups is 1. The Labute approximate surface area is 189 Å². The van der Waals surface area contributed by atoms with Gasteiger partial charge in [0.1, 0.15) is 5.82 Å². The summed E-state index contributed by atoms with van der Waals surface area (Å²) in [5.41, 5.74) is 2.63. The number of benzene rings is 2. The number of halogens is 1. The predicted octanol–water partition coefficient (Wildman–Crippen LogP) is 4.47. The van der Waals surface area contributed by atoms with Gasteiger partial charge in [0.05, 0.1) is 14.2 Å². The van der Waals surface area contributed by atoms with Crippen LogP contribution in [0, 0.1) is 12.7 Å². The zero-order valence-electron chi connectivity index (χ0n) is 19.2. The van der Waals surface area contributed by atoms with E-state index >= 15 is 0 Å². The van der Waals surface area contributed by atoms with Crippen molar-refractivity contribution in [1.82, 2.24) is 10.2 Å². The zero-order valence-corrected chi connectivity index (χ0v) is 19.2. The standard InChI is InChI=1S/C25H32FN3O3/c1-16-13-18(26)6-7-20(16)28-24(30)27-19-9-10-25(11-12-29(2)23(25)15-19)17-5-8-21(31-3)22(14-17)32-4/h5-8,13-14,19,23H,9-12,15H2,1-4H3,(H2,27,28,30)/t19-,23+,25+/m1/s1. The number of likely N-dealkylation sites (tertiary alicyclic amines) is 1. The summed E-state index contributed by atoms with van der Waals surface area (Å²) < 4.78 is 24.3. The number of likely N-dealkylation sites (N-methyl/N-ethyl adjacent to an activating group) is 1. The third kappa shape index (κ3) is 4.13. The van der Waals surface area contributed by atoms with Crippen molar-refractivity contribution >= 4 is 11.7 Å². The molecule has 1 saturated heterocycles. The Morgan fingerprint density at radius 2 is 1.91 bits per heavy atom. The maximum atomic E-state index is 13.3. The SMILES string of the molecule is COc1ccc([C@@]23CC[C@@H](NC(=O)Nc4ccc(F)cc4C)C[C@@H]2N(C)CC3)cc1OC. The molecule has 0 aromatic heterocycles. The van der Waals surface area contributed by atoms with Crippen LogP contribution in [0.4, 0.5) is 14.9 Å². The third-order valence-electron chi connectivity index (χ3n) is 7.26. The van der Waals surface area contributed by atoms with Crippen molar-refractivity contribution in [3.05, 3.63) is 53.3 Å². The lowest BCUT2D eigenvalue weighted by atomic mass is 9.65. The molecule has 2 aliphatic rings. The van der Waals surface area contributed by atoms with Crippen molar-refractivity contribution < 1.29 is 18.7 Å². The van der Waals surface area contributed by atoms with Gasteiger partial charge < -0.3 is 25.0 Å². The first-order valence-corrected chi connectivity index (χ1v) is 11.1. The minimum Gasteiger partial charge on any atom is -0.493 e. The summed E-state index contributed by atoms with van der Waals surface area (Å²) >= 11 is 0. The number of amides is 2. The molecule has 172 valence electrons. The number of hydrogen-bond acceptors (Lipinski definition) is 4. The number of carbonyl (C=O) groups excluding carboxylic acids is 1. The second-order valence-corrected chi connectivity index (χ2v) is 9.00. The summed E-state index contributed by atoms with van der Waals surface area (Å²) in [4.78, 5) is 15.0. The highest BCUT2D eigenvalue weighted by Crippen LogP contribution is 2.49. The van der Waals surface area contributed by atoms with Crippen molar-refractivity contribution in [2.24, 2.45) is 0 Å². The molecule has 2 amide bonds. The second-order valence-electron chi connectivity index (χ2n) is 9.00. The van der Waals surface area contributed by atoms with Gasteiger partial charge in [-0.3, -0.25) is 0 Å². The van der Waals surface area contributed by atoms with Gasteiger partial charge >= 0.3 is 6.03 Å². The monoisotopic (exact) mass is 441 g/mol. The lowest BCUT2D eigenvalue weighted by Crippen LogP contribution is -2.52. The van der Waals surface area contributed by atoms with Gasteiger partial charge in [-0.2, -0.15) is 0 Å². The van der Waals surface area contributed by atoms with E-state index < -0.39 is 0 Å². The maximum absolute atomic E-state index is 13.3. The Bertz CT molecular complexity index is 998. The molecule has 2 aromatic carbocycles. The topological polar surface area (TPSA) is 62.8 Å². The average molecular weight is 442 g/mol. The van der Waals surface area contributed by atoms with E-state index in [9.17, 15) is 9.18 Å². The molecule has 0 bridgehead atoms. The van der Waals surface area contributed by atoms with Crippen molar-refractivity contribution in [3.8, 4) is 11.5 Å². The van der Waals surface area contributed by atoms with Gasteiger partial charge in [-0.25, -0.2) is 9.18 Å². The quantitative estimate of drug-likeness (QED) is 0.719. The highest BCUT2D eigenvalue weighted by Gasteiger charge is 2.50. The number of aryl methyl sites for hydroxylation is 1. The summed E-state index contributed by atoms with van der Waals surface area (Å²) in [6.07, 6.45) is 3.84. The molecule has 6 nitrogen and oxygen atoms in total. The molecule has 32 heavy (non-hydrogen) atoms. The predicted molar refractivity (Wildman–Crippen MR) is 123 cm³/mol. The molecule has 2 N–H and O–H groups in total. The molecule has 1 aliphatic heterocycles. The molecule has 0 spiro atoms. The number of methoxy groups -OCH3 is 2. The fraction of sp³-hybridized carbons (Fsp3) is 0.480. The normalized spacial score (nSPS) is 25.2. The molecule has 2 fully saturated rings. The van der Waals surface area contributed by atoms with Crippen LogP contribution in [0.3, 0.4) is 0 Å². The Kier molecular flexibility index (Phi) is 6.29. The van der Waals surface area contributed by atoms with E-state index in [1.807, 2.05) is 6.07 Å². The Morgan fingerprint density at radius 3 is 2.62 bits per heavy atom. The number of nitrogens with zero attached hydrogens (tertiary/aromatic N) is 1. The molecular weight excluding hydrogens is 409 g/mol. The van der Waals surface area contributed by atoms with Crippen LogP contribution in [-0.2, 0) is 5.41 Å². The summed E-state index contributed by atoms with van der Waals surface area (Å²) in [6, 6.07) is 10.8. The van der Waals surface area contributed by atoms with Gasteiger partial charge in [0.2, 0.25) is 0 Å². The molecule has 0 unspecified atom stereocenters. The smallest absolute Gasteiger partial charge is 0.319 e. The van der Waals surface area contributed by atoms with Gasteiger partial charge in [-0.15, -0.1) is 0 Å². The Morgan fingerprint density at radius 1 is 1.12 bits per heavy atom. The van der Waals surface area contributed by atoms with Gasteiger partial charge in [0.15, 0.2) is 11.5 Å². The number of fused-ring (bicyclic) bond motifs is 1. The van der Waals surface area contributed by atoms with Crippen molar-refractivity contribution in [2.45, 2.75) is 50.1 Å². The number of nitrogens with one attached hydrogen (secondary N) is 2. The lowest BCUT2D eigenvalue weighted by Gasteiger charge is -2.45. The second kappa shape index (κ2) is 8.98. The first-order chi connectivity index (χ1) is 15.4. The molecule has 1 heterocycles. The number of hydrogen-bond donors (Lipinski definition) is 2. The lowest BCUT2D eigenvalue weighted by molar-refractivity contribution is 0.156. The van der Waals surface area contributed by atoms with E-state index in [-0.39, 0.29) is 23.3 Å². The molecule has 2 aromatic rings. The third-order valence-corrected chi connectivity index (χ3v) is 7.26. The summed E-state index contributed by atoms with van der Waals surface area (Å²) in [5, 5.41) is 6.00. The molecule has 0 radical (unpaired) electrons. The van der Waals surface area contributed by atoms with Gasteiger partial charge in [0, 0.05) is 23.2 Å². The van der Waals surface area contributed by atoms with E-state index in [2.05, 4.69) is 34.7 Å². The van der Waals surface area contributed by atoms with Gasteiger partial charge in [0.25, 0.3) is 0 Å². The molecule has 7 heteroatoms. The fourth-order valence-electron chi connectivity index (χ4n) is 5.51. The number of ether oxygens (including phenoxy) is 2. The van der Waals surface area contributed by atoms with Crippen LogP contribution in [0.25, 0.3) is 0 Å². The molecule has 1 aliphatic carbocycles. The van der Waals surface area contributed by atoms with Crippen LogP contribution < -0.4 is 20.1 Å². The van der Waals surface area contributed by atoms with Crippen LogP contribution >= 0.6 is 0 Å². The highest BCUT2D eigenvalue weighted by atomic mass is 19.1. The van der Waals surface area contributed by atoms with Crippen molar-refractivity contribution in [1.29, 1.82) is 0 Å². The first-order valence-electron chi connectivity index (χ1n) is 11.1. The van der Waals surface area contributed by atoms with Crippen LogP contribution in [0.2, 0.25) is 0 Å². The minimum absolute atomic E-state index is 0.0382. The molecule has 4 rings (SSSR count). The van der Waals surface area contributed by atoms with E-state index in [0.717, 1.165) is 43.7 Å². The minimum atomic E-state index is -0.309. The zero-order chi connectivity index (χ0) is 22.9. The number of rotatable bonds is 5. The van der Waals surface area contributed by atoms with E-state index in [1.54, 1.807) is 27.2 Å². The maximum Gasteiger partial charge on any atom is 0.319 e. The largest absolute Gasteiger partial charge is 0.493 e. The van der Waals surface area contributed by atoms with Crippen molar-refractivity contribution in [2.75, 3.05) is 33.1 Å². The summed E-state index contributed by atoms with van der Waals surface area (Å²) in [7, 11) is 5.48. The number of carbonyl (C=O) groups is 1. The van der Waals surface area contributed by atoms with Crippen LogP contribution in [0.15, 0.2) is 36.4 Å². The molecule has 3 atom stereocenters. The van der Waals surface area contributed by atoms with Crippen LogP contribution in [-0.4, -0.2) is 50.8 Å².